The molecular formula is C10H20O. The maximum absolute atomic E-state index is 9.11. The van der Waals surface area contributed by atoms with E-state index >= 15 is 0 Å². The van der Waals surface area contributed by atoms with Crippen molar-refractivity contribution in [3.05, 3.63) is 0 Å². The lowest BCUT2D eigenvalue weighted by Gasteiger charge is -2.32. The van der Waals surface area contributed by atoms with Crippen molar-refractivity contribution in [3.63, 3.8) is 0 Å². The van der Waals surface area contributed by atoms with E-state index in [4.69, 9.17) is 5.11 Å². The molecular weight excluding hydrogens is 136 g/mol. The Hall–Kier alpha value is -0.0400. The predicted octanol–water partition coefficient (Wildman–Crippen LogP) is 2.44. The fraction of sp³-hybridized carbons (Fsp3) is 1.00. The number of hydrogen-bond acceptors (Lipinski definition) is 1. The maximum Gasteiger partial charge on any atom is 0.0462 e. The maximum atomic E-state index is 9.11. The van der Waals surface area contributed by atoms with Gasteiger partial charge in [-0.25, -0.2) is 0 Å². The monoisotopic (exact) mass is 156 g/mol. The molecule has 0 amide bonds. The van der Waals surface area contributed by atoms with E-state index in [1.165, 1.54) is 25.7 Å². The van der Waals surface area contributed by atoms with E-state index < -0.39 is 0 Å². The molecule has 0 aromatic heterocycles. The van der Waals surface area contributed by atoms with Crippen molar-refractivity contribution in [2.24, 2.45) is 17.8 Å². The van der Waals surface area contributed by atoms with Gasteiger partial charge in [0.1, 0.15) is 0 Å². The van der Waals surface area contributed by atoms with Crippen LogP contribution < -0.4 is 0 Å². The summed E-state index contributed by atoms with van der Waals surface area (Å²) in [6, 6.07) is 0. The second kappa shape index (κ2) is 4.10. The quantitative estimate of drug-likeness (QED) is 0.651. The van der Waals surface area contributed by atoms with Crippen LogP contribution in [0.25, 0.3) is 0 Å². The summed E-state index contributed by atoms with van der Waals surface area (Å²) in [6.07, 6.45) is 5.29. The van der Waals surface area contributed by atoms with E-state index in [9.17, 15) is 0 Å². The van der Waals surface area contributed by atoms with Crippen LogP contribution in [0, 0.1) is 17.8 Å². The Morgan fingerprint density at radius 2 is 1.91 bits per heavy atom. The molecule has 1 saturated carbocycles. The topological polar surface area (TPSA) is 20.2 Å². The number of aliphatic hydroxyl groups is 1. The van der Waals surface area contributed by atoms with Crippen molar-refractivity contribution >= 4 is 0 Å². The Kier molecular flexibility index (Phi) is 3.38. The van der Waals surface area contributed by atoms with E-state index in [1.54, 1.807) is 0 Å². The Labute approximate surface area is 69.8 Å². The molecule has 0 heterocycles. The van der Waals surface area contributed by atoms with Crippen molar-refractivity contribution in [2.45, 2.75) is 39.5 Å². The zero-order valence-corrected chi connectivity index (χ0v) is 7.71. The van der Waals surface area contributed by atoms with Gasteiger partial charge < -0.3 is 5.11 Å². The standard InChI is InChI=1S/C10H20O/c1-8(2)10-6-4-3-5-9(10)7-11/h8-11H,3-7H2,1-2H3/t9-,10+/m0/s1. The van der Waals surface area contributed by atoms with Gasteiger partial charge in [0, 0.05) is 6.61 Å². The van der Waals surface area contributed by atoms with Gasteiger partial charge in [0.05, 0.1) is 0 Å². The average Bonchev–Trinajstić information content (AvgIpc) is 2.04. The molecule has 1 heteroatoms. The molecule has 0 bridgehead atoms. The number of hydrogen-bond donors (Lipinski definition) is 1. The van der Waals surface area contributed by atoms with Crippen molar-refractivity contribution in [2.75, 3.05) is 6.61 Å². The highest BCUT2D eigenvalue weighted by Crippen LogP contribution is 2.34. The first-order valence-corrected chi connectivity index (χ1v) is 4.86. The third kappa shape index (κ3) is 2.19. The fourth-order valence-electron chi connectivity index (χ4n) is 2.34. The lowest BCUT2D eigenvalue weighted by molar-refractivity contribution is 0.106. The molecule has 2 atom stereocenters. The Morgan fingerprint density at radius 3 is 2.36 bits per heavy atom. The van der Waals surface area contributed by atoms with Crippen LogP contribution in [0.5, 0.6) is 0 Å². The second-order valence-corrected chi connectivity index (χ2v) is 4.13. The SMILES string of the molecule is CC(C)[C@H]1CCCC[C@H]1CO. The van der Waals surface area contributed by atoms with Crippen molar-refractivity contribution in [3.8, 4) is 0 Å². The van der Waals surface area contributed by atoms with Crippen LogP contribution in [0.4, 0.5) is 0 Å². The molecule has 0 saturated heterocycles. The summed E-state index contributed by atoms with van der Waals surface area (Å²) in [5.41, 5.74) is 0. The van der Waals surface area contributed by atoms with Crippen molar-refractivity contribution < 1.29 is 5.11 Å². The Morgan fingerprint density at radius 1 is 1.27 bits per heavy atom. The van der Waals surface area contributed by atoms with E-state index in [0.29, 0.717) is 12.5 Å². The second-order valence-electron chi connectivity index (χ2n) is 4.13. The highest BCUT2D eigenvalue weighted by Gasteiger charge is 2.26. The molecule has 0 radical (unpaired) electrons. The molecule has 66 valence electrons. The summed E-state index contributed by atoms with van der Waals surface area (Å²) in [4.78, 5) is 0. The van der Waals surface area contributed by atoms with Gasteiger partial charge in [-0.15, -0.1) is 0 Å². The largest absolute Gasteiger partial charge is 0.396 e. The zero-order chi connectivity index (χ0) is 8.27. The first-order valence-electron chi connectivity index (χ1n) is 4.86. The van der Waals surface area contributed by atoms with Gasteiger partial charge in [-0.3, -0.25) is 0 Å². The minimum Gasteiger partial charge on any atom is -0.396 e. The number of aliphatic hydroxyl groups excluding tert-OH is 1. The minimum atomic E-state index is 0.406. The molecule has 0 unspecified atom stereocenters. The molecule has 1 aliphatic rings. The summed E-state index contributed by atoms with van der Waals surface area (Å²) >= 11 is 0. The van der Waals surface area contributed by atoms with Crippen LogP contribution in [0.1, 0.15) is 39.5 Å². The van der Waals surface area contributed by atoms with E-state index in [-0.39, 0.29) is 0 Å². The van der Waals surface area contributed by atoms with Crippen LogP contribution in [-0.2, 0) is 0 Å². The Bertz CT molecular complexity index is 109. The van der Waals surface area contributed by atoms with E-state index in [0.717, 1.165) is 11.8 Å². The highest BCUT2D eigenvalue weighted by atomic mass is 16.3. The normalized spacial score (nSPS) is 32.7. The van der Waals surface area contributed by atoms with Crippen LogP contribution in [-0.4, -0.2) is 11.7 Å². The Balaban J connectivity index is 2.44. The van der Waals surface area contributed by atoms with Crippen molar-refractivity contribution in [1.82, 2.24) is 0 Å². The summed E-state index contributed by atoms with van der Waals surface area (Å²) in [5.74, 6) is 2.14. The summed E-state index contributed by atoms with van der Waals surface area (Å²) in [6.45, 7) is 4.96. The summed E-state index contributed by atoms with van der Waals surface area (Å²) < 4.78 is 0. The highest BCUT2D eigenvalue weighted by molar-refractivity contribution is 4.76. The van der Waals surface area contributed by atoms with Gasteiger partial charge in [-0.1, -0.05) is 26.7 Å². The molecule has 0 spiro atoms. The average molecular weight is 156 g/mol. The van der Waals surface area contributed by atoms with Crippen LogP contribution >= 0.6 is 0 Å². The van der Waals surface area contributed by atoms with Gasteiger partial charge in [-0.05, 0) is 30.6 Å². The molecule has 11 heavy (non-hydrogen) atoms. The third-order valence-corrected chi connectivity index (χ3v) is 3.06. The van der Waals surface area contributed by atoms with Crippen molar-refractivity contribution in [1.29, 1.82) is 0 Å². The first kappa shape index (κ1) is 9.05. The lowest BCUT2D eigenvalue weighted by Crippen LogP contribution is -2.26. The fourth-order valence-corrected chi connectivity index (χ4v) is 2.34. The van der Waals surface area contributed by atoms with Gasteiger partial charge in [0.2, 0.25) is 0 Å². The molecule has 0 aliphatic heterocycles. The van der Waals surface area contributed by atoms with Crippen LogP contribution in [0.15, 0.2) is 0 Å². The summed E-state index contributed by atoms with van der Waals surface area (Å²) in [7, 11) is 0. The molecule has 1 aliphatic carbocycles. The molecule has 0 aromatic carbocycles. The minimum absolute atomic E-state index is 0.406. The molecule has 1 N–H and O–H groups in total. The van der Waals surface area contributed by atoms with Crippen LogP contribution in [0.2, 0.25) is 0 Å². The van der Waals surface area contributed by atoms with Gasteiger partial charge >= 0.3 is 0 Å². The predicted molar refractivity (Wildman–Crippen MR) is 47.4 cm³/mol. The van der Waals surface area contributed by atoms with E-state index in [1.807, 2.05) is 0 Å². The van der Waals surface area contributed by atoms with Gasteiger partial charge in [-0.2, -0.15) is 0 Å². The summed E-state index contributed by atoms with van der Waals surface area (Å²) in [5, 5.41) is 9.11. The lowest BCUT2D eigenvalue weighted by atomic mass is 9.74. The third-order valence-electron chi connectivity index (χ3n) is 3.06. The van der Waals surface area contributed by atoms with Crippen LogP contribution in [0.3, 0.4) is 0 Å². The molecule has 1 fully saturated rings. The van der Waals surface area contributed by atoms with Gasteiger partial charge in [0.25, 0.3) is 0 Å². The molecule has 0 aromatic rings. The smallest absolute Gasteiger partial charge is 0.0462 e. The zero-order valence-electron chi connectivity index (χ0n) is 7.71. The first-order chi connectivity index (χ1) is 5.25. The van der Waals surface area contributed by atoms with Gasteiger partial charge in [0.15, 0.2) is 0 Å². The number of rotatable bonds is 2. The molecule has 1 nitrogen and oxygen atoms in total. The molecule has 1 rings (SSSR count). The van der Waals surface area contributed by atoms with E-state index in [2.05, 4.69) is 13.8 Å².